The Morgan fingerprint density at radius 3 is 2.52 bits per heavy atom. The third kappa shape index (κ3) is 4.57. The van der Waals surface area contributed by atoms with Crippen LogP contribution < -0.4 is 10.2 Å². The molecule has 25 heavy (non-hydrogen) atoms. The zero-order valence-electron chi connectivity index (χ0n) is 13.6. The van der Waals surface area contributed by atoms with Gasteiger partial charge in [-0.1, -0.05) is 0 Å². The van der Waals surface area contributed by atoms with Crippen LogP contribution in [0.3, 0.4) is 0 Å². The highest BCUT2D eigenvalue weighted by Gasteiger charge is 2.26. The van der Waals surface area contributed by atoms with Crippen LogP contribution in [-0.2, 0) is 4.79 Å². The number of quaternary nitrogens is 1. The highest BCUT2D eigenvalue weighted by Crippen LogP contribution is 2.07. The molecule has 130 valence electrons. The molecular weight excluding hydrogens is 325 g/mol. The molecule has 2 N–H and O–H groups in total. The fourth-order valence-corrected chi connectivity index (χ4v) is 2.74. The lowest BCUT2D eigenvalue weighted by molar-refractivity contribution is -0.895. The third-order valence-corrected chi connectivity index (χ3v) is 4.08. The van der Waals surface area contributed by atoms with Gasteiger partial charge in [-0.2, -0.15) is 0 Å². The molecule has 1 saturated heterocycles. The van der Waals surface area contributed by atoms with Crippen LogP contribution in [0.25, 0.3) is 0 Å². The fraction of sp³-hybridized carbons (Fsp3) is 0.294. The Kier molecular flexibility index (Phi) is 5.30. The summed E-state index contributed by atoms with van der Waals surface area (Å²) in [6.07, 6.45) is 4.48. The molecule has 1 fully saturated rings. The number of anilines is 1. The zero-order chi connectivity index (χ0) is 17.6. The molecule has 2 aromatic rings. The first-order valence-electron chi connectivity index (χ1n) is 8.06. The van der Waals surface area contributed by atoms with E-state index in [-0.39, 0.29) is 17.6 Å². The van der Waals surface area contributed by atoms with Gasteiger partial charge >= 0.3 is 0 Å². The lowest BCUT2D eigenvalue weighted by atomic mass is 10.2. The van der Waals surface area contributed by atoms with Gasteiger partial charge in [0, 0.05) is 18.1 Å². The molecule has 1 aliphatic heterocycles. The summed E-state index contributed by atoms with van der Waals surface area (Å²) in [5, 5.41) is 2.75. The van der Waals surface area contributed by atoms with E-state index in [1.165, 1.54) is 42.9 Å². The molecule has 0 bridgehead atoms. The summed E-state index contributed by atoms with van der Waals surface area (Å²) in [7, 11) is 0. The summed E-state index contributed by atoms with van der Waals surface area (Å²) < 4.78 is 12.9. The lowest BCUT2D eigenvalue weighted by Crippen LogP contribution is -3.15. The molecule has 0 radical (unpaired) electrons. The Morgan fingerprint density at radius 1 is 1.16 bits per heavy atom. The highest BCUT2D eigenvalue weighted by molar-refractivity contribution is 5.92. The molecule has 0 saturated carbocycles. The number of rotatable bonds is 4. The Morgan fingerprint density at radius 2 is 1.88 bits per heavy atom. The predicted molar refractivity (Wildman–Crippen MR) is 88.5 cm³/mol. The average molecular weight is 344 g/mol. The van der Waals surface area contributed by atoms with Crippen molar-refractivity contribution in [3.63, 3.8) is 0 Å². The maximum Gasteiger partial charge on any atom is 0.279 e. The molecule has 8 heteroatoms. The molecule has 0 spiro atoms. The van der Waals surface area contributed by atoms with Crippen molar-refractivity contribution >= 4 is 17.5 Å². The molecule has 1 aromatic heterocycles. The molecule has 1 aliphatic rings. The van der Waals surface area contributed by atoms with E-state index < -0.39 is 0 Å². The summed E-state index contributed by atoms with van der Waals surface area (Å²) >= 11 is 0. The molecule has 0 atom stereocenters. The van der Waals surface area contributed by atoms with Crippen LogP contribution in [0.2, 0.25) is 0 Å². The smallest absolute Gasteiger partial charge is 0.279 e. The number of aromatic nitrogens is 2. The number of hydrogen-bond acceptors (Lipinski definition) is 4. The van der Waals surface area contributed by atoms with Gasteiger partial charge in [-0.3, -0.25) is 14.6 Å². The van der Waals surface area contributed by atoms with Gasteiger partial charge < -0.3 is 15.1 Å². The minimum absolute atomic E-state index is 0.129. The van der Waals surface area contributed by atoms with E-state index in [2.05, 4.69) is 15.3 Å². The normalized spacial score (nSPS) is 15.0. The second-order valence-electron chi connectivity index (χ2n) is 5.86. The first-order valence-corrected chi connectivity index (χ1v) is 8.06. The molecule has 0 aliphatic carbocycles. The van der Waals surface area contributed by atoms with Crippen molar-refractivity contribution in [2.24, 2.45) is 0 Å². The van der Waals surface area contributed by atoms with Gasteiger partial charge in [0.05, 0.1) is 32.4 Å². The Bertz CT molecular complexity index is 730. The van der Waals surface area contributed by atoms with E-state index in [0.29, 0.717) is 44.1 Å². The van der Waals surface area contributed by atoms with Crippen molar-refractivity contribution in [1.82, 2.24) is 14.9 Å². The van der Waals surface area contributed by atoms with E-state index in [1.54, 1.807) is 4.90 Å². The first kappa shape index (κ1) is 17.0. The van der Waals surface area contributed by atoms with Gasteiger partial charge in [0.25, 0.3) is 11.8 Å². The fourth-order valence-electron chi connectivity index (χ4n) is 2.74. The number of nitrogens with one attached hydrogen (secondary N) is 2. The largest absolute Gasteiger partial charge is 0.326 e. The van der Waals surface area contributed by atoms with Crippen LogP contribution >= 0.6 is 0 Å². The van der Waals surface area contributed by atoms with Crippen molar-refractivity contribution in [2.45, 2.75) is 0 Å². The van der Waals surface area contributed by atoms with Crippen LogP contribution in [0.1, 0.15) is 10.5 Å². The van der Waals surface area contributed by atoms with Gasteiger partial charge in [0.15, 0.2) is 6.54 Å². The Hall–Kier alpha value is -2.87. The SMILES string of the molecule is O=C(C[NH+]1CCN(C(=O)c2cnccn2)CC1)Nc1ccc(F)cc1. The summed E-state index contributed by atoms with van der Waals surface area (Å²) in [6, 6.07) is 5.67. The van der Waals surface area contributed by atoms with E-state index in [9.17, 15) is 14.0 Å². The van der Waals surface area contributed by atoms with Crippen molar-refractivity contribution in [3.8, 4) is 0 Å². The molecule has 2 amide bonds. The number of nitrogens with zero attached hydrogens (tertiary/aromatic N) is 3. The minimum Gasteiger partial charge on any atom is -0.326 e. The summed E-state index contributed by atoms with van der Waals surface area (Å²) in [5.74, 6) is -0.606. The van der Waals surface area contributed by atoms with Crippen LogP contribution in [0.5, 0.6) is 0 Å². The summed E-state index contributed by atoms with van der Waals surface area (Å²) in [5.41, 5.74) is 0.905. The minimum atomic E-state index is -0.340. The topological polar surface area (TPSA) is 79.6 Å². The lowest BCUT2D eigenvalue weighted by Gasteiger charge is -2.31. The number of hydrogen-bond donors (Lipinski definition) is 2. The summed E-state index contributed by atoms with van der Waals surface area (Å²) in [6.45, 7) is 2.80. The van der Waals surface area contributed by atoms with Gasteiger partial charge in [-0.25, -0.2) is 9.37 Å². The van der Waals surface area contributed by atoms with Crippen LogP contribution in [0.4, 0.5) is 10.1 Å². The molecule has 1 aromatic carbocycles. The first-order chi connectivity index (χ1) is 12.1. The standard InChI is InChI=1S/C17H18FN5O2/c18-13-1-3-14(4-2-13)21-16(24)12-22-7-9-23(10-8-22)17(25)15-11-19-5-6-20-15/h1-6,11H,7-10,12H2,(H,21,24)/p+1. The van der Waals surface area contributed by atoms with Crippen LogP contribution in [0, 0.1) is 5.82 Å². The number of piperazine rings is 1. The molecular formula is C17H19FN5O2+. The number of carbonyl (C=O) groups is 2. The Balaban J connectivity index is 1.46. The quantitative estimate of drug-likeness (QED) is 0.791. The maximum absolute atomic E-state index is 12.9. The molecule has 7 nitrogen and oxygen atoms in total. The average Bonchev–Trinajstić information content (AvgIpc) is 2.64. The van der Waals surface area contributed by atoms with E-state index >= 15 is 0 Å². The van der Waals surface area contributed by atoms with Crippen LogP contribution in [0.15, 0.2) is 42.9 Å². The number of halogens is 1. The molecule has 0 unspecified atom stereocenters. The van der Waals surface area contributed by atoms with Gasteiger partial charge in [-0.05, 0) is 24.3 Å². The predicted octanol–water partition coefficient (Wildman–Crippen LogP) is -0.405. The second-order valence-corrected chi connectivity index (χ2v) is 5.86. The van der Waals surface area contributed by atoms with Crippen molar-refractivity contribution in [3.05, 3.63) is 54.4 Å². The van der Waals surface area contributed by atoms with Crippen LogP contribution in [-0.4, -0.2) is 59.4 Å². The number of amides is 2. The number of carbonyl (C=O) groups excluding carboxylic acids is 2. The van der Waals surface area contributed by atoms with Crippen molar-refractivity contribution < 1.29 is 18.9 Å². The molecule has 2 heterocycles. The monoisotopic (exact) mass is 344 g/mol. The van der Waals surface area contributed by atoms with E-state index in [4.69, 9.17) is 0 Å². The molecule has 3 rings (SSSR count). The van der Waals surface area contributed by atoms with Gasteiger partial charge in [0.2, 0.25) is 0 Å². The van der Waals surface area contributed by atoms with Crippen molar-refractivity contribution in [1.29, 1.82) is 0 Å². The highest BCUT2D eigenvalue weighted by atomic mass is 19.1. The Labute approximate surface area is 144 Å². The maximum atomic E-state index is 12.9. The number of benzene rings is 1. The zero-order valence-corrected chi connectivity index (χ0v) is 13.6. The van der Waals surface area contributed by atoms with Gasteiger partial charge in [0.1, 0.15) is 11.5 Å². The van der Waals surface area contributed by atoms with E-state index in [1.807, 2.05) is 0 Å². The second kappa shape index (κ2) is 7.80. The third-order valence-electron chi connectivity index (χ3n) is 4.08. The summed E-state index contributed by atoms with van der Waals surface area (Å²) in [4.78, 5) is 35.1. The van der Waals surface area contributed by atoms with E-state index in [0.717, 1.165) is 4.90 Å². The van der Waals surface area contributed by atoms with Gasteiger partial charge in [-0.15, -0.1) is 0 Å². The van der Waals surface area contributed by atoms with Crippen molar-refractivity contribution in [2.75, 3.05) is 38.0 Å².